The Kier molecular flexibility index (Phi) is 12.9. The van der Waals surface area contributed by atoms with E-state index in [0.29, 0.717) is 45.6 Å². The van der Waals surface area contributed by atoms with Gasteiger partial charge in [-0.3, -0.25) is 9.59 Å². The molecule has 0 fully saturated rings. The van der Waals surface area contributed by atoms with Crippen molar-refractivity contribution in [3.05, 3.63) is 122 Å². The molecule has 11 heteroatoms. The van der Waals surface area contributed by atoms with Crippen molar-refractivity contribution in [3.63, 3.8) is 0 Å². The lowest BCUT2D eigenvalue weighted by molar-refractivity contribution is -0.138. The number of carboxylic acids is 2. The summed E-state index contributed by atoms with van der Waals surface area (Å²) in [7, 11) is 0. The molecule has 0 saturated carbocycles. The first-order valence-corrected chi connectivity index (χ1v) is 17.7. The fourth-order valence-corrected chi connectivity index (χ4v) is 6.70. The molecule has 0 aliphatic heterocycles. The molecule has 0 bridgehead atoms. The number of aryl methyl sites for hydroxylation is 3. The van der Waals surface area contributed by atoms with Crippen LogP contribution in [0.4, 0.5) is 17.6 Å². The molecule has 0 unspecified atom stereocenters. The molecule has 0 spiro atoms. The van der Waals surface area contributed by atoms with Gasteiger partial charge in [0, 0.05) is 52.7 Å². The molecule has 53 heavy (non-hydrogen) atoms. The third-order valence-corrected chi connectivity index (χ3v) is 9.66. The van der Waals surface area contributed by atoms with Gasteiger partial charge in [-0.1, -0.05) is 41.6 Å². The number of aliphatic carboxylic acids is 2. The summed E-state index contributed by atoms with van der Waals surface area (Å²) in [5, 5.41) is 19.7. The van der Waals surface area contributed by atoms with Crippen LogP contribution >= 0.6 is 11.6 Å². The van der Waals surface area contributed by atoms with Gasteiger partial charge in [0.05, 0.1) is 17.7 Å². The molecule has 0 saturated heterocycles. The molecule has 5 rings (SSSR count). The van der Waals surface area contributed by atoms with Crippen molar-refractivity contribution < 1.29 is 42.1 Å². The Labute approximate surface area is 310 Å². The van der Waals surface area contributed by atoms with Crippen molar-refractivity contribution in [3.8, 4) is 28.7 Å². The first kappa shape index (κ1) is 38.9. The SMILES string of the molecule is Cc1c(Cl)cccc1CCCCOc1ccc(C#Cc2ccc(-c3c(F)cc(F)c(F)c3F)c3c(CCCC(=O)O)c(C)n(CCCC(=O)O)c23)cc1. The third kappa shape index (κ3) is 9.21. The van der Waals surface area contributed by atoms with Gasteiger partial charge >= 0.3 is 11.9 Å². The molecule has 2 N–H and O–H groups in total. The molecule has 4 aromatic carbocycles. The van der Waals surface area contributed by atoms with Gasteiger partial charge in [-0.05, 0) is 111 Å². The van der Waals surface area contributed by atoms with E-state index in [1.54, 1.807) is 35.8 Å². The zero-order valence-electron chi connectivity index (χ0n) is 29.3. The summed E-state index contributed by atoms with van der Waals surface area (Å²) in [6.07, 6.45) is 2.91. The van der Waals surface area contributed by atoms with Gasteiger partial charge in [-0.15, -0.1) is 0 Å². The number of hydrogen-bond donors (Lipinski definition) is 2. The minimum atomic E-state index is -1.83. The summed E-state index contributed by atoms with van der Waals surface area (Å²) in [6.45, 7) is 4.48. The second-order valence-electron chi connectivity index (χ2n) is 12.8. The van der Waals surface area contributed by atoms with Gasteiger partial charge in [0.1, 0.15) is 11.6 Å². The first-order chi connectivity index (χ1) is 25.4. The van der Waals surface area contributed by atoms with Crippen LogP contribution in [0.1, 0.15) is 72.0 Å². The van der Waals surface area contributed by atoms with Gasteiger partial charge in [0.2, 0.25) is 0 Å². The normalized spacial score (nSPS) is 11.1. The monoisotopic (exact) mass is 747 g/mol. The second kappa shape index (κ2) is 17.5. The number of ether oxygens (including phenoxy) is 1. The van der Waals surface area contributed by atoms with Crippen LogP contribution in [0.3, 0.4) is 0 Å². The van der Waals surface area contributed by atoms with Gasteiger partial charge in [-0.25, -0.2) is 17.6 Å². The van der Waals surface area contributed by atoms with E-state index in [0.717, 1.165) is 29.8 Å². The van der Waals surface area contributed by atoms with Crippen molar-refractivity contribution in [1.82, 2.24) is 4.57 Å². The van der Waals surface area contributed by atoms with Gasteiger partial charge in [0.15, 0.2) is 17.5 Å². The number of unbranched alkanes of at least 4 members (excludes halogenated alkanes) is 1. The van der Waals surface area contributed by atoms with E-state index in [4.69, 9.17) is 16.3 Å². The molecular formula is C42H38ClF4NO5. The third-order valence-electron chi connectivity index (χ3n) is 9.25. The highest BCUT2D eigenvalue weighted by atomic mass is 35.5. The molecule has 1 heterocycles. The fourth-order valence-electron chi connectivity index (χ4n) is 6.51. The van der Waals surface area contributed by atoms with E-state index in [-0.39, 0.29) is 50.3 Å². The summed E-state index contributed by atoms with van der Waals surface area (Å²) in [5.74, 6) is -1.63. The average Bonchev–Trinajstić information content (AvgIpc) is 3.39. The Morgan fingerprint density at radius 1 is 0.811 bits per heavy atom. The maximum absolute atomic E-state index is 15.3. The van der Waals surface area contributed by atoms with Crippen LogP contribution in [0.2, 0.25) is 5.02 Å². The molecule has 0 amide bonds. The number of hydrogen-bond acceptors (Lipinski definition) is 3. The van der Waals surface area contributed by atoms with E-state index in [1.165, 1.54) is 17.7 Å². The first-order valence-electron chi connectivity index (χ1n) is 17.3. The fraction of sp³-hybridized carbons (Fsp3) is 0.286. The number of carbonyl (C=O) groups is 2. The van der Waals surface area contributed by atoms with E-state index in [9.17, 15) is 28.6 Å². The van der Waals surface area contributed by atoms with Crippen molar-refractivity contribution in [2.45, 2.75) is 71.8 Å². The minimum Gasteiger partial charge on any atom is -0.494 e. The predicted molar refractivity (Wildman–Crippen MR) is 196 cm³/mol. The number of fused-ring (bicyclic) bond motifs is 1. The lowest BCUT2D eigenvalue weighted by Gasteiger charge is -2.13. The highest BCUT2D eigenvalue weighted by molar-refractivity contribution is 6.31. The minimum absolute atomic E-state index is 0.0611. The number of nitrogens with zero attached hydrogens (tertiary/aromatic N) is 1. The summed E-state index contributed by atoms with van der Waals surface area (Å²) in [6, 6.07) is 16.3. The van der Waals surface area contributed by atoms with E-state index in [2.05, 4.69) is 17.9 Å². The van der Waals surface area contributed by atoms with Crippen molar-refractivity contribution in [2.24, 2.45) is 0 Å². The lowest BCUT2D eigenvalue weighted by Crippen LogP contribution is -2.05. The molecule has 6 nitrogen and oxygen atoms in total. The topological polar surface area (TPSA) is 88.8 Å². The molecule has 0 aliphatic carbocycles. The summed E-state index contributed by atoms with van der Waals surface area (Å²) in [4.78, 5) is 22.8. The van der Waals surface area contributed by atoms with Crippen molar-refractivity contribution in [1.29, 1.82) is 0 Å². The van der Waals surface area contributed by atoms with E-state index >= 15 is 8.78 Å². The van der Waals surface area contributed by atoms with Gasteiger partial charge in [-0.2, -0.15) is 0 Å². The van der Waals surface area contributed by atoms with Crippen molar-refractivity contribution in [2.75, 3.05) is 6.61 Å². The van der Waals surface area contributed by atoms with Crippen LogP contribution in [0, 0.1) is 49.0 Å². The van der Waals surface area contributed by atoms with Crippen LogP contribution in [0.25, 0.3) is 22.0 Å². The predicted octanol–water partition coefficient (Wildman–Crippen LogP) is 10.2. The smallest absolute Gasteiger partial charge is 0.303 e. The van der Waals surface area contributed by atoms with Crippen LogP contribution in [-0.2, 0) is 29.0 Å². The Hall–Kier alpha value is -5.27. The molecule has 5 aromatic rings. The number of rotatable bonds is 15. The van der Waals surface area contributed by atoms with Crippen LogP contribution in [-0.4, -0.2) is 33.3 Å². The quantitative estimate of drug-likeness (QED) is 0.0366. The maximum atomic E-state index is 15.3. The molecule has 0 aliphatic rings. The summed E-state index contributed by atoms with van der Waals surface area (Å²) in [5.41, 5.74) is 4.12. The van der Waals surface area contributed by atoms with E-state index < -0.39 is 40.8 Å². The van der Waals surface area contributed by atoms with Gasteiger partial charge < -0.3 is 19.5 Å². The van der Waals surface area contributed by atoms with E-state index in [1.807, 2.05) is 19.1 Å². The maximum Gasteiger partial charge on any atom is 0.303 e. The Bertz CT molecular complexity index is 2220. The number of benzene rings is 4. The Balaban J connectivity index is 1.48. The van der Waals surface area contributed by atoms with Crippen LogP contribution in [0.15, 0.2) is 60.7 Å². The number of halogens is 5. The zero-order chi connectivity index (χ0) is 38.2. The summed E-state index contributed by atoms with van der Waals surface area (Å²) >= 11 is 6.23. The van der Waals surface area contributed by atoms with Gasteiger partial charge in [0.25, 0.3) is 0 Å². The molecule has 0 radical (unpaired) electrons. The van der Waals surface area contributed by atoms with Crippen molar-refractivity contribution >= 4 is 34.4 Å². The molecule has 1 aromatic heterocycles. The summed E-state index contributed by atoms with van der Waals surface area (Å²) < 4.78 is 66.8. The second-order valence-corrected chi connectivity index (χ2v) is 13.2. The van der Waals surface area contributed by atoms with Crippen LogP contribution in [0.5, 0.6) is 5.75 Å². The Morgan fingerprint density at radius 2 is 1.53 bits per heavy atom. The highest BCUT2D eigenvalue weighted by Gasteiger charge is 2.26. The lowest BCUT2D eigenvalue weighted by atomic mass is 9.93. The molecular weight excluding hydrogens is 710 g/mol. The number of aromatic nitrogens is 1. The Morgan fingerprint density at radius 3 is 2.25 bits per heavy atom. The molecule has 276 valence electrons. The average molecular weight is 748 g/mol. The largest absolute Gasteiger partial charge is 0.494 e. The standard InChI is InChI=1S/C42H38ClF4NO5/c1-25-28(9-5-11-33(25)43)8-3-4-23-53-30-19-15-27(16-20-30)14-17-29-18-21-32(39-34(44)24-35(45)40(46)41(39)47)38-31(10-6-12-36(49)50)26(2)48(42(29)38)22-7-13-37(51)52/h5,9,11,15-16,18-21,24H,3-4,6-8,10,12-13,22-23H2,1-2H3,(H,49,50)(H,51,52). The highest BCUT2D eigenvalue weighted by Crippen LogP contribution is 2.40. The zero-order valence-corrected chi connectivity index (χ0v) is 30.1. The number of carboxylic acid groups (broad SMARTS) is 2. The molecule has 0 atom stereocenters. The van der Waals surface area contributed by atoms with Crippen LogP contribution < -0.4 is 4.74 Å².